The van der Waals surface area contributed by atoms with Gasteiger partial charge in [-0.1, -0.05) is 12.1 Å². The van der Waals surface area contributed by atoms with Gasteiger partial charge in [-0.2, -0.15) is 0 Å². The molecule has 1 aromatic heterocycles. The Kier molecular flexibility index (Phi) is 2.27. The fourth-order valence-corrected chi connectivity index (χ4v) is 2.97. The largest absolute Gasteiger partial charge is 0.384 e. The molecule has 0 bridgehead atoms. The molecule has 4 nitrogen and oxygen atoms in total. The van der Waals surface area contributed by atoms with E-state index in [-0.39, 0.29) is 5.69 Å². The summed E-state index contributed by atoms with van der Waals surface area (Å²) >= 11 is 0. The van der Waals surface area contributed by atoms with Crippen molar-refractivity contribution in [1.82, 2.24) is 9.13 Å². The second-order valence-corrected chi connectivity index (χ2v) is 5.18. The van der Waals surface area contributed by atoms with Crippen molar-refractivity contribution >= 4 is 16.7 Å². The number of fused-ring (bicyclic) bond motifs is 2. The number of para-hydroxylation sites is 2. The maximum absolute atomic E-state index is 12.5. The molecule has 0 spiro atoms. The summed E-state index contributed by atoms with van der Waals surface area (Å²) in [5.74, 6) is 0. The Morgan fingerprint density at radius 2 is 1.90 bits per heavy atom. The highest BCUT2D eigenvalue weighted by molar-refractivity contribution is 5.78. The van der Waals surface area contributed by atoms with Crippen LogP contribution in [0, 0.1) is 0 Å². The minimum absolute atomic E-state index is 0.00268. The van der Waals surface area contributed by atoms with Crippen LogP contribution in [-0.2, 0) is 13.5 Å². The SMILES string of the molecule is Cn1c(=O)n(-c2ccc3c(c2)CCN3)c2ccccc21. The Morgan fingerprint density at radius 1 is 1.10 bits per heavy atom. The van der Waals surface area contributed by atoms with Gasteiger partial charge in [0, 0.05) is 19.3 Å². The average molecular weight is 265 g/mol. The molecule has 2 aromatic carbocycles. The molecule has 0 fully saturated rings. The second kappa shape index (κ2) is 4.00. The Morgan fingerprint density at radius 3 is 2.75 bits per heavy atom. The van der Waals surface area contributed by atoms with Gasteiger partial charge in [-0.05, 0) is 42.3 Å². The number of aromatic nitrogens is 2. The molecule has 2 heterocycles. The molecule has 100 valence electrons. The van der Waals surface area contributed by atoms with Crippen LogP contribution in [0.15, 0.2) is 47.3 Å². The number of hydrogen-bond acceptors (Lipinski definition) is 2. The van der Waals surface area contributed by atoms with Crippen molar-refractivity contribution in [1.29, 1.82) is 0 Å². The lowest BCUT2D eigenvalue weighted by Gasteiger charge is -2.06. The number of imidazole rings is 1. The number of nitrogens with zero attached hydrogens (tertiary/aromatic N) is 2. The Hall–Kier alpha value is -2.49. The van der Waals surface area contributed by atoms with Crippen molar-refractivity contribution in [2.75, 3.05) is 11.9 Å². The maximum atomic E-state index is 12.5. The lowest BCUT2D eigenvalue weighted by Crippen LogP contribution is -2.20. The van der Waals surface area contributed by atoms with E-state index in [4.69, 9.17) is 0 Å². The van der Waals surface area contributed by atoms with Crippen molar-refractivity contribution in [3.8, 4) is 5.69 Å². The molecular formula is C16H15N3O. The van der Waals surface area contributed by atoms with Gasteiger partial charge in [0.25, 0.3) is 0 Å². The van der Waals surface area contributed by atoms with Crippen molar-refractivity contribution in [3.05, 3.63) is 58.5 Å². The molecule has 0 aliphatic carbocycles. The smallest absolute Gasteiger partial charge is 0.333 e. The summed E-state index contributed by atoms with van der Waals surface area (Å²) in [6.07, 6.45) is 1.02. The van der Waals surface area contributed by atoms with Crippen molar-refractivity contribution in [3.63, 3.8) is 0 Å². The third kappa shape index (κ3) is 1.45. The van der Waals surface area contributed by atoms with E-state index in [1.807, 2.05) is 37.4 Å². The molecule has 0 radical (unpaired) electrons. The minimum atomic E-state index is -0.00268. The fraction of sp³-hybridized carbons (Fsp3) is 0.188. The zero-order valence-electron chi connectivity index (χ0n) is 11.3. The molecule has 3 aromatic rings. The van der Waals surface area contributed by atoms with Crippen molar-refractivity contribution in [2.45, 2.75) is 6.42 Å². The van der Waals surface area contributed by atoms with E-state index in [1.54, 1.807) is 9.13 Å². The molecular weight excluding hydrogens is 250 g/mol. The molecule has 1 aliphatic rings. The predicted molar refractivity (Wildman–Crippen MR) is 80.7 cm³/mol. The molecule has 1 N–H and O–H groups in total. The standard InChI is InChI=1S/C16H15N3O/c1-18-14-4-2-3-5-15(14)19(16(18)20)12-6-7-13-11(10-12)8-9-17-13/h2-7,10,17H,8-9H2,1H3. The Labute approximate surface area is 116 Å². The van der Waals surface area contributed by atoms with Gasteiger partial charge in [-0.15, -0.1) is 0 Å². The van der Waals surface area contributed by atoms with E-state index in [9.17, 15) is 4.79 Å². The van der Waals surface area contributed by atoms with E-state index in [2.05, 4.69) is 17.4 Å². The molecule has 4 rings (SSSR count). The first-order valence-corrected chi connectivity index (χ1v) is 6.79. The van der Waals surface area contributed by atoms with E-state index >= 15 is 0 Å². The Bertz CT molecular complexity index is 873. The zero-order valence-corrected chi connectivity index (χ0v) is 11.3. The van der Waals surface area contributed by atoms with Crippen LogP contribution >= 0.6 is 0 Å². The molecule has 4 heteroatoms. The van der Waals surface area contributed by atoms with Gasteiger partial charge in [0.15, 0.2) is 0 Å². The summed E-state index contributed by atoms with van der Waals surface area (Å²) in [6, 6.07) is 14.1. The van der Waals surface area contributed by atoms with Crippen LogP contribution in [0.5, 0.6) is 0 Å². The highest BCUT2D eigenvalue weighted by Crippen LogP contribution is 2.25. The second-order valence-electron chi connectivity index (χ2n) is 5.18. The summed E-state index contributed by atoms with van der Waals surface area (Å²) in [4.78, 5) is 12.5. The van der Waals surface area contributed by atoms with Gasteiger partial charge < -0.3 is 5.32 Å². The minimum Gasteiger partial charge on any atom is -0.384 e. The normalized spacial score (nSPS) is 13.4. The molecule has 20 heavy (non-hydrogen) atoms. The maximum Gasteiger partial charge on any atom is 0.333 e. The first kappa shape index (κ1) is 11.3. The van der Waals surface area contributed by atoms with Gasteiger partial charge in [-0.3, -0.25) is 9.13 Å². The van der Waals surface area contributed by atoms with Gasteiger partial charge in [0.1, 0.15) is 0 Å². The zero-order chi connectivity index (χ0) is 13.7. The average Bonchev–Trinajstić information content (AvgIpc) is 3.03. The van der Waals surface area contributed by atoms with Crippen LogP contribution in [-0.4, -0.2) is 15.7 Å². The number of rotatable bonds is 1. The monoisotopic (exact) mass is 265 g/mol. The third-order valence-corrected chi connectivity index (χ3v) is 4.02. The van der Waals surface area contributed by atoms with Gasteiger partial charge in [-0.25, -0.2) is 4.79 Å². The first-order chi connectivity index (χ1) is 9.75. The molecule has 0 unspecified atom stereocenters. The Balaban J connectivity index is 2.03. The number of anilines is 1. The number of benzene rings is 2. The number of aryl methyl sites for hydroxylation is 1. The van der Waals surface area contributed by atoms with Crippen molar-refractivity contribution < 1.29 is 0 Å². The molecule has 0 saturated heterocycles. The van der Waals surface area contributed by atoms with Crippen LogP contribution < -0.4 is 11.0 Å². The van der Waals surface area contributed by atoms with E-state index in [0.717, 1.165) is 29.7 Å². The third-order valence-electron chi connectivity index (χ3n) is 4.02. The summed E-state index contributed by atoms with van der Waals surface area (Å²) in [5, 5.41) is 3.34. The van der Waals surface area contributed by atoms with Crippen LogP contribution in [0.1, 0.15) is 5.56 Å². The van der Waals surface area contributed by atoms with E-state index < -0.39 is 0 Å². The molecule has 1 aliphatic heterocycles. The fourth-order valence-electron chi connectivity index (χ4n) is 2.97. The quantitative estimate of drug-likeness (QED) is 0.733. The predicted octanol–water partition coefficient (Wildman–Crippen LogP) is 2.30. The summed E-state index contributed by atoms with van der Waals surface area (Å²) in [6.45, 7) is 0.975. The van der Waals surface area contributed by atoms with Gasteiger partial charge in [0.05, 0.1) is 16.7 Å². The highest BCUT2D eigenvalue weighted by Gasteiger charge is 2.15. The molecule has 0 atom stereocenters. The van der Waals surface area contributed by atoms with Crippen LogP contribution in [0.3, 0.4) is 0 Å². The summed E-state index contributed by atoms with van der Waals surface area (Å²) in [7, 11) is 1.82. The van der Waals surface area contributed by atoms with E-state index in [1.165, 1.54) is 11.3 Å². The topological polar surface area (TPSA) is 39.0 Å². The lowest BCUT2D eigenvalue weighted by molar-refractivity contribution is 0.846. The van der Waals surface area contributed by atoms with Gasteiger partial charge >= 0.3 is 5.69 Å². The van der Waals surface area contributed by atoms with E-state index in [0.29, 0.717) is 0 Å². The van der Waals surface area contributed by atoms with Crippen LogP contribution in [0.25, 0.3) is 16.7 Å². The number of hydrogen-bond donors (Lipinski definition) is 1. The summed E-state index contributed by atoms with van der Waals surface area (Å²) < 4.78 is 3.48. The van der Waals surface area contributed by atoms with Gasteiger partial charge in [0.2, 0.25) is 0 Å². The first-order valence-electron chi connectivity index (χ1n) is 6.79. The lowest BCUT2D eigenvalue weighted by atomic mass is 10.1. The van der Waals surface area contributed by atoms with Crippen LogP contribution in [0.4, 0.5) is 5.69 Å². The highest BCUT2D eigenvalue weighted by atomic mass is 16.1. The summed E-state index contributed by atoms with van der Waals surface area (Å²) in [5.41, 5.74) is 5.30. The molecule has 0 saturated carbocycles. The molecule has 0 amide bonds. The van der Waals surface area contributed by atoms with Crippen LogP contribution in [0.2, 0.25) is 0 Å². The van der Waals surface area contributed by atoms with Crippen molar-refractivity contribution in [2.24, 2.45) is 7.05 Å². The number of nitrogens with one attached hydrogen (secondary N) is 1.